The van der Waals surface area contributed by atoms with Gasteiger partial charge in [-0.15, -0.1) is 0 Å². The second-order valence-corrected chi connectivity index (χ2v) is 2.92. The van der Waals surface area contributed by atoms with Gasteiger partial charge in [0.1, 0.15) is 5.56 Å². The summed E-state index contributed by atoms with van der Waals surface area (Å²) >= 11 is 2.85. The number of hydrogen-bond donors (Lipinski definition) is 0. The number of rotatable bonds is 2. The van der Waals surface area contributed by atoms with E-state index in [2.05, 4.69) is 20.9 Å². The van der Waals surface area contributed by atoms with Gasteiger partial charge in [0, 0.05) is 15.9 Å². The van der Waals surface area contributed by atoms with Crippen molar-refractivity contribution >= 4 is 21.7 Å². The molecule has 0 bridgehead atoms. The zero-order valence-corrected chi connectivity index (χ0v) is 7.66. The summed E-state index contributed by atoms with van der Waals surface area (Å²) in [5, 5.41) is 10.3. The van der Waals surface area contributed by atoms with Crippen LogP contribution in [0, 0.1) is 10.1 Å². The Bertz CT molecular complexity index is 345. The molecule has 70 valence electrons. The predicted octanol–water partition coefficient (Wildman–Crippen LogP) is 2.69. The van der Waals surface area contributed by atoms with Crippen LogP contribution in [0.2, 0.25) is 0 Å². The molecule has 1 rings (SSSR count). The summed E-state index contributed by atoms with van der Waals surface area (Å²) in [6.45, 7) is 0. The van der Waals surface area contributed by atoms with Crippen LogP contribution in [-0.2, 0) is 0 Å². The van der Waals surface area contributed by atoms with Crippen molar-refractivity contribution < 1.29 is 13.7 Å². The van der Waals surface area contributed by atoms with Gasteiger partial charge in [0.15, 0.2) is 0 Å². The molecule has 0 amide bonds. The van der Waals surface area contributed by atoms with Crippen molar-refractivity contribution in [3.05, 3.63) is 32.4 Å². The second-order valence-electron chi connectivity index (χ2n) is 2.10. The molecular formula is C6H3BrF2N2O2. The van der Waals surface area contributed by atoms with Gasteiger partial charge in [-0.3, -0.25) is 0 Å². The molecule has 0 aliphatic heterocycles. The molecule has 0 fully saturated rings. The van der Waals surface area contributed by atoms with Crippen LogP contribution in [0.25, 0.3) is 0 Å². The lowest BCUT2D eigenvalue weighted by atomic mass is 10.3. The molecule has 1 aromatic rings. The van der Waals surface area contributed by atoms with Crippen LogP contribution in [0.1, 0.15) is 12.0 Å². The van der Waals surface area contributed by atoms with Gasteiger partial charge >= 0.3 is 5.82 Å². The summed E-state index contributed by atoms with van der Waals surface area (Å²) in [7, 11) is 0. The van der Waals surface area contributed by atoms with Crippen LogP contribution in [0.3, 0.4) is 0 Å². The highest BCUT2D eigenvalue weighted by Gasteiger charge is 2.23. The molecule has 1 aromatic heterocycles. The van der Waals surface area contributed by atoms with Gasteiger partial charge in [0.25, 0.3) is 6.43 Å². The van der Waals surface area contributed by atoms with E-state index in [1.807, 2.05) is 0 Å². The molecule has 0 radical (unpaired) electrons. The molecule has 0 atom stereocenters. The monoisotopic (exact) mass is 252 g/mol. The maximum absolute atomic E-state index is 12.2. The van der Waals surface area contributed by atoms with Gasteiger partial charge in [-0.2, -0.15) is 0 Å². The molecule has 0 unspecified atom stereocenters. The number of pyridine rings is 1. The van der Waals surface area contributed by atoms with E-state index in [-0.39, 0.29) is 4.60 Å². The Morgan fingerprint density at radius 3 is 2.62 bits per heavy atom. The number of hydrogen-bond acceptors (Lipinski definition) is 3. The molecule has 0 N–H and O–H groups in total. The first-order chi connectivity index (χ1) is 6.02. The van der Waals surface area contributed by atoms with Gasteiger partial charge in [-0.1, -0.05) is 0 Å². The maximum Gasteiger partial charge on any atom is 0.373 e. The van der Waals surface area contributed by atoms with E-state index < -0.39 is 22.7 Å². The highest BCUT2D eigenvalue weighted by Crippen LogP contribution is 2.28. The SMILES string of the molecule is O=[N+]([O-])c1nc(Br)ccc1C(F)F. The van der Waals surface area contributed by atoms with Crippen molar-refractivity contribution in [2.45, 2.75) is 6.43 Å². The molecule has 0 aliphatic rings. The number of nitrogens with zero attached hydrogens (tertiary/aromatic N) is 2. The van der Waals surface area contributed by atoms with Gasteiger partial charge in [-0.25, -0.2) is 8.78 Å². The van der Waals surface area contributed by atoms with E-state index in [9.17, 15) is 18.9 Å². The van der Waals surface area contributed by atoms with Crippen molar-refractivity contribution in [3.63, 3.8) is 0 Å². The molecule has 0 aromatic carbocycles. The van der Waals surface area contributed by atoms with Gasteiger partial charge < -0.3 is 10.1 Å². The standard InChI is InChI=1S/C6H3BrF2N2O2/c7-4-2-1-3(5(8)9)6(10-4)11(12)13/h1-2,5H. The zero-order valence-electron chi connectivity index (χ0n) is 6.08. The topological polar surface area (TPSA) is 56.0 Å². The number of halogens is 3. The third-order valence-corrected chi connectivity index (χ3v) is 1.72. The summed E-state index contributed by atoms with van der Waals surface area (Å²) in [6, 6.07) is 2.20. The lowest BCUT2D eigenvalue weighted by Crippen LogP contribution is -1.98. The van der Waals surface area contributed by atoms with E-state index in [1.165, 1.54) is 6.07 Å². The highest BCUT2D eigenvalue weighted by atomic mass is 79.9. The quantitative estimate of drug-likeness (QED) is 0.462. The number of aromatic nitrogens is 1. The first-order valence-electron chi connectivity index (χ1n) is 3.11. The van der Waals surface area contributed by atoms with E-state index >= 15 is 0 Å². The van der Waals surface area contributed by atoms with Crippen LogP contribution in [0.4, 0.5) is 14.6 Å². The van der Waals surface area contributed by atoms with Crippen LogP contribution in [0.15, 0.2) is 16.7 Å². The Morgan fingerprint density at radius 1 is 1.54 bits per heavy atom. The highest BCUT2D eigenvalue weighted by molar-refractivity contribution is 9.10. The van der Waals surface area contributed by atoms with Gasteiger partial charge in [-0.05, 0) is 22.0 Å². The lowest BCUT2D eigenvalue weighted by Gasteiger charge is -1.99. The summed E-state index contributed by atoms with van der Waals surface area (Å²) in [5.74, 6) is -0.815. The summed E-state index contributed by atoms with van der Waals surface area (Å²) < 4.78 is 24.5. The third kappa shape index (κ3) is 2.18. The minimum atomic E-state index is -2.89. The first-order valence-corrected chi connectivity index (χ1v) is 3.90. The molecular weight excluding hydrogens is 250 g/mol. The van der Waals surface area contributed by atoms with E-state index in [4.69, 9.17) is 0 Å². The smallest absolute Gasteiger partial charge is 0.358 e. The molecule has 0 spiro atoms. The van der Waals surface area contributed by atoms with Crippen LogP contribution in [-0.4, -0.2) is 9.91 Å². The van der Waals surface area contributed by atoms with Crippen LogP contribution in [0.5, 0.6) is 0 Å². The minimum absolute atomic E-state index is 0.156. The second kappa shape index (κ2) is 3.73. The molecule has 13 heavy (non-hydrogen) atoms. The fraction of sp³-hybridized carbons (Fsp3) is 0.167. The fourth-order valence-corrected chi connectivity index (χ4v) is 1.05. The van der Waals surface area contributed by atoms with Crippen LogP contribution >= 0.6 is 15.9 Å². The summed E-state index contributed by atoms with van der Waals surface area (Å²) in [6.07, 6.45) is -2.89. The first kappa shape index (κ1) is 9.97. The Hall–Kier alpha value is -1.11. The third-order valence-electron chi connectivity index (χ3n) is 1.28. The molecule has 0 saturated heterocycles. The van der Waals surface area contributed by atoms with E-state index in [0.717, 1.165) is 6.07 Å². The average Bonchev–Trinajstić information content (AvgIpc) is 2.03. The average molecular weight is 253 g/mol. The number of alkyl halides is 2. The van der Waals surface area contributed by atoms with Gasteiger partial charge in [0.05, 0.1) is 0 Å². The van der Waals surface area contributed by atoms with E-state index in [0.29, 0.717) is 0 Å². The zero-order chi connectivity index (χ0) is 10.0. The molecule has 0 saturated carbocycles. The summed E-state index contributed by atoms with van der Waals surface area (Å²) in [4.78, 5) is 12.7. The Labute approximate surface area is 79.9 Å². The Kier molecular flexibility index (Phi) is 2.86. The van der Waals surface area contributed by atoms with Crippen molar-refractivity contribution in [1.29, 1.82) is 0 Å². The van der Waals surface area contributed by atoms with Crippen LogP contribution < -0.4 is 0 Å². The van der Waals surface area contributed by atoms with Gasteiger partial charge in [0.2, 0.25) is 4.60 Å². The molecule has 4 nitrogen and oxygen atoms in total. The Balaban J connectivity index is 3.27. The number of nitro groups is 1. The minimum Gasteiger partial charge on any atom is -0.358 e. The predicted molar refractivity (Wildman–Crippen MR) is 43.5 cm³/mol. The van der Waals surface area contributed by atoms with Crippen molar-refractivity contribution in [1.82, 2.24) is 4.98 Å². The fourth-order valence-electron chi connectivity index (χ4n) is 0.753. The Morgan fingerprint density at radius 2 is 2.15 bits per heavy atom. The van der Waals surface area contributed by atoms with Crippen molar-refractivity contribution in [3.8, 4) is 0 Å². The molecule has 0 aliphatic carbocycles. The normalized spacial score (nSPS) is 10.5. The largest absolute Gasteiger partial charge is 0.373 e. The van der Waals surface area contributed by atoms with E-state index in [1.54, 1.807) is 0 Å². The molecule has 1 heterocycles. The lowest BCUT2D eigenvalue weighted by molar-refractivity contribution is -0.391. The molecule has 7 heteroatoms. The van der Waals surface area contributed by atoms with Crippen molar-refractivity contribution in [2.75, 3.05) is 0 Å². The van der Waals surface area contributed by atoms with Crippen molar-refractivity contribution in [2.24, 2.45) is 0 Å². The maximum atomic E-state index is 12.2. The summed E-state index contributed by atoms with van der Waals surface area (Å²) in [5.41, 5.74) is -0.673.